The monoisotopic (exact) mass is 317 g/mol. The predicted octanol–water partition coefficient (Wildman–Crippen LogP) is 2.65. The Morgan fingerprint density at radius 2 is 2.00 bits per heavy atom. The molecule has 6 heteroatoms. The molecule has 1 unspecified atom stereocenters. The van der Waals surface area contributed by atoms with Crippen molar-refractivity contribution in [2.75, 3.05) is 13.2 Å². The molecule has 0 saturated heterocycles. The van der Waals surface area contributed by atoms with Crippen molar-refractivity contribution in [1.29, 1.82) is 0 Å². The number of halogens is 2. The molecule has 1 amide bonds. The largest absolute Gasteiger partial charge is 0.481 e. The van der Waals surface area contributed by atoms with Crippen molar-refractivity contribution in [3.63, 3.8) is 0 Å². The summed E-state index contributed by atoms with van der Waals surface area (Å²) in [5.41, 5.74) is -0.116. The quantitative estimate of drug-likeness (QED) is 0.848. The van der Waals surface area contributed by atoms with E-state index in [9.17, 15) is 9.90 Å². The Bertz CT molecular complexity index is 483. The van der Waals surface area contributed by atoms with Crippen LogP contribution in [0.3, 0.4) is 0 Å². The van der Waals surface area contributed by atoms with Gasteiger partial charge in [-0.3, -0.25) is 4.79 Å². The maximum absolute atomic E-state index is 11.9. The topological polar surface area (TPSA) is 58.6 Å². The van der Waals surface area contributed by atoms with Crippen LogP contribution in [0.2, 0.25) is 10.0 Å². The first kappa shape index (κ1) is 15.4. The van der Waals surface area contributed by atoms with Gasteiger partial charge in [0.25, 0.3) is 5.91 Å². The molecule has 1 fully saturated rings. The molecule has 0 spiro atoms. The molecule has 0 heterocycles. The molecule has 2 N–H and O–H groups in total. The highest BCUT2D eigenvalue weighted by atomic mass is 35.5. The molecule has 4 nitrogen and oxygen atoms in total. The van der Waals surface area contributed by atoms with Gasteiger partial charge >= 0.3 is 0 Å². The Morgan fingerprint density at radius 1 is 1.40 bits per heavy atom. The Kier molecular flexibility index (Phi) is 4.78. The third-order valence-corrected chi connectivity index (χ3v) is 3.88. The summed E-state index contributed by atoms with van der Waals surface area (Å²) in [7, 11) is 0. The lowest BCUT2D eigenvalue weighted by atomic mass is 10.1. The summed E-state index contributed by atoms with van der Waals surface area (Å²) in [6, 6.07) is 4.81. The molecule has 1 aromatic carbocycles. The second-order valence-corrected chi connectivity index (χ2v) is 6.11. The molecule has 2 rings (SSSR count). The Balaban J connectivity index is 1.87. The van der Waals surface area contributed by atoms with Crippen LogP contribution in [0.4, 0.5) is 0 Å². The number of ether oxygens (including phenoxy) is 1. The number of nitrogens with one attached hydrogen (secondary N) is 1. The molecule has 0 bridgehead atoms. The number of hydrogen-bond acceptors (Lipinski definition) is 3. The molecule has 1 aliphatic carbocycles. The summed E-state index contributed by atoms with van der Waals surface area (Å²) in [5, 5.41) is 12.9. The summed E-state index contributed by atoms with van der Waals surface area (Å²) >= 11 is 11.7. The van der Waals surface area contributed by atoms with Crippen molar-refractivity contribution in [2.24, 2.45) is 5.41 Å². The van der Waals surface area contributed by atoms with Crippen LogP contribution in [-0.2, 0) is 4.79 Å². The average molecular weight is 318 g/mol. The first-order valence-electron chi connectivity index (χ1n) is 6.45. The SMILES string of the molecule is CC(Oc1cc(Cl)cc(Cl)c1)C(=O)NCC1(CO)CC1. The predicted molar refractivity (Wildman–Crippen MR) is 78.3 cm³/mol. The number of carbonyl (C=O) groups excluding carboxylic acids is 1. The van der Waals surface area contributed by atoms with Crippen molar-refractivity contribution in [3.8, 4) is 5.75 Å². The molecule has 1 aliphatic rings. The molecular formula is C14H17Cl2NO3. The first-order chi connectivity index (χ1) is 9.44. The van der Waals surface area contributed by atoms with Gasteiger partial charge in [0.1, 0.15) is 5.75 Å². The third kappa shape index (κ3) is 4.01. The standard InChI is InChI=1S/C14H17Cl2NO3/c1-9(13(19)17-7-14(8-18)2-3-14)20-12-5-10(15)4-11(16)6-12/h4-6,9,18H,2-3,7-8H2,1H3,(H,17,19). The Labute approximate surface area is 128 Å². The molecule has 110 valence electrons. The number of benzene rings is 1. The number of carbonyl (C=O) groups is 1. The summed E-state index contributed by atoms with van der Waals surface area (Å²) in [4.78, 5) is 11.9. The highest BCUT2D eigenvalue weighted by Gasteiger charge is 2.42. The van der Waals surface area contributed by atoms with Crippen LogP contribution in [0, 0.1) is 5.41 Å². The molecule has 0 radical (unpaired) electrons. The highest BCUT2D eigenvalue weighted by Crippen LogP contribution is 2.44. The minimum Gasteiger partial charge on any atom is -0.481 e. The van der Waals surface area contributed by atoms with Gasteiger partial charge in [-0.25, -0.2) is 0 Å². The van der Waals surface area contributed by atoms with Gasteiger partial charge in [0.05, 0.1) is 6.61 Å². The lowest BCUT2D eigenvalue weighted by molar-refractivity contribution is -0.127. The minimum atomic E-state index is -0.654. The molecule has 0 aromatic heterocycles. The molecule has 0 aliphatic heterocycles. The molecule has 1 saturated carbocycles. The van der Waals surface area contributed by atoms with E-state index < -0.39 is 6.10 Å². The average Bonchev–Trinajstić information content (AvgIpc) is 3.15. The smallest absolute Gasteiger partial charge is 0.260 e. The summed E-state index contributed by atoms with van der Waals surface area (Å²) in [5.74, 6) is 0.231. The summed E-state index contributed by atoms with van der Waals surface area (Å²) in [6.07, 6.45) is 1.24. The Morgan fingerprint density at radius 3 is 2.50 bits per heavy atom. The fourth-order valence-corrected chi connectivity index (χ4v) is 2.35. The van der Waals surface area contributed by atoms with E-state index >= 15 is 0 Å². The van der Waals surface area contributed by atoms with Gasteiger partial charge in [-0.1, -0.05) is 23.2 Å². The zero-order valence-corrected chi connectivity index (χ0v) is 12.7. The summed E-state index contributed by atoms with van der Waals surface area (Å²) in [6.45, 7) is 2.24. The van der Waals surface area contributed by atoms with Crippen molar-refractivity contribution in [2.45, 2.75) is 25.9 Å². The lowest BCUT2D eigenvalue weighted by Gasteiger charge is -2.17. The second kappa shape index (κ2) is 6.20. The van der Waals surface area contributed by atoms with Gasteiger partial charge in [-0.15, -0.1) is 0 Å². The third-order valence-electron chi connectivity index (χ3n) is 3.45. The molecule has 20 heavy (non-hydrogen) atoms. The van der Waals surface area contributed by atoms with Crippen LogP contribution < -0.4 is 10.1 Å². The normalized spacial score (nSPS) is 17.4. The van der Waals surface area contributed by atoms with E-state index in [4.69, 9.17) is 27.9 Å². The van der Waals surface area contributed by atoms with Crippen molar-refractivity contribution >= 4 is 29.1 Å². The van der Waals surface area contributed by atoms with E-state index in [1.807, 2.05) is 0 Å². The van der Waals surface area contributed by atoms with Crippen molar-refractivity contribution < 1.29 is 14.6 Å². The Hall–Kier alpha value is -0.970. The van der Waals surface area contributed by atoms with E-state index in [1.165, 1.54) is 0 Å². The van der Waals surface area contributed by atoms with Gasteiger partial charge in [-0.2, -0.15) is 0 Å². The maximum Gasteiger partial charge on any atom is 0.260 e. The van der Waals surface area contributed by atoms with Crippen LogP contribution in [0.1, 0.15) is 19.8 Å². The number of hydrogen-bond donors (Lipinski definition) is 2. The summed E-state index contributed by atoms with van der Waals surface area (Å²) < 4.78 is 5.51. The number of aliphatic hydroxyl groups excluding tert-OH is 1. The first-order valence-corrected chi connectivity index (χ1v) is 7.21. The van der Waals surface area contributed by atoms with E-state index in [0.29, 0.717) is 22.3 Å². The molecule has 1 atom stereocenters. The van der Waals surface area contributed by atoms with Crippen molar-refractivity contribution in [1.82, 2.24) is 5.32 Å². The number of aliphatic hydroxyl groups is 1. The van der Waals surface area contributed by atoms with Crippen LogP contribution in [0.15, 0.2) is 18.2 Å². The van der Waals surface area contributed by atoms with Crippen molar-refractivity contribution in [3.05, 3.63) is 28.2 Å². The fourth-order valence-electron chi connectivity index (χ4n) is 1.84. The zero-order valence-electron chi connectivity index (χ0n) is 11.2. The maximum atomic E-state index is 11.9. The van der Waals surface area contributed by atoms with Gasteiger partial charge in [0.2, 0.25) is 0 Å². The number of amides is 1. The molecule has 1 aromatic rings. The van der Waals surface area contributed by atoms with E-state index in [-0.39, 0.29) is 17.9 Å². The van der Waals surface area contributed by atoms with Gasteiger partial charge in [-0.05, 0) is 38.0 Å². The lowest BCUT2D eigenvalue weighted by Crippen LogP contribution is -2.40. The minimum absolute atomic E-state index is 0.104. The van der Waals surface area contributed by atoms with Crippen LogP contribution in [0.5, 0.6) is 5.75 Å². The van der Waals surface area contributed by atoms with Gasteiger partial charge in [0, 0.05) is 22.0 Å². The fraction of sp³-hybridized carbons (Fsp3) is 0.500. The zero-order chi connectivity index (χ0) is 14.8. The van der Waals surface area contributed by atoms with E-state index in [2.05, 4.69) is 5.32 Å². The highest BCUT2D eigenvalue weighted by molar-refractivity contribution is 6.34. The van der Waals surface area contributed by atoms with Crippen LogP contribution >= 0.6 is 23.2 Å². The van der Waals surface area contributed by atoms with Gasteiger partial charge < -0.3 is 15.2 Å². The van der Waals surface area contributed by atoms with Gasteiger partial charge in [0.15, 0.2) is 6.10 Å². The number of rotatable bonds is 6. The van der Waals surface area contributed by atoms with E-state index in [1.54, 1.807) is 25.1 Å². The van der Waals surface area contributed by atoms with E-state index in [0.717, 1.165) is 12.8 Å². The molecular weight excluding hydrogens is 301 g/mol. The second-order valence-electron chi connectivity index (χ2n) is 5.24. The van der Waals surface area contributed by atoms with Crippen LogP contribution in [0.25, 0.3) is 0 Å². The van der Waals surface area contributed by atoms with Crippen LogP contribution in [-0.4, -0.2) is 30.3 Å².